The van der Waals surface area contributed by atoms with Crippen LogP contribution in [-0.4, -0.2) is 96.7 Å². The van der Waals surface area contributed by atoms with Crippen molar-refractivity contribution in [1.82, 2.24) is 0 Å². The lowest BCUT2D eigenvalue weighted by molar-refractivity contribution is -0.161. The molecule has 0 bridgehead atoms. The molecule has 0 spiro atoms. The van der Waals surface area contributed by atoms with Gasteiger partial charge in [0.15, 0.2) is 12.2 Å². The largest absolute Gasteiger partial charge is 0.472 e. The van der Waals surface area contributed by atoms with Crippen LogP contribution in [0.3, 0.4) is 0 Å². The highest BCUT2D eigenvalue weighted by Crippen LogP contribution is 2.45. The van der Waals surface area contributed by atoms with E-state index in [-0.39, 0.29) is 25.7 Å². The quantitative estimate of drug-likeness (QED) is 0.0169. The van der Waals surface area contributed by atoms with Gasteiger partial charge in [-0.25, -0.2) is 9.13 Å². The minimum atomic E-state index is -4.99. The topological polar surface area (TPSA) is 237 Å². The van der Waals surface area contributed by atoms with Crippen LogP contribution in [0.25, 0.3) is 0 Å². The van der Waals surface area contributed by atoms with Crippen LogP contribution >= 0.6 is 15.6 Å². The fourth-order valence-electron chi connectivity index (χ4n) is 10.9. The standard InChI is InChI=1S/C87H148O17P2/c1-5-9-13-17-21-25-29-33-36-38-40-42-45-49-53-57-61-65-69-73-86(91)103-82(77-97-84(89)71-67-63-59-55-51-47-32-28-24-20-16-12-8-4)79-101-105(93,94)99-75-81(88)76-100-106(95,96)102-80-83(78-98-85(90)72-68-64-60-56-52-48-44-35-31-27-23-19-15-11-7-3)104-87(92)74-70-66-62-58-54-50-46-43-41-39-37-34-30-26-22-18-14-10-6-2/h9-10,13-14,21-22,25-27,31,33-34,36-37,40-43,49-50,53-54,81-83,88H,5-8,11-12,15-20,23-24,28-30,32,35,38-39,44-48,51-52,55-80H2,1-4H3,(H,93,94)(H,95,96)/b13-9-,14-10-,25-21-,26-22-,31-27-,36-33-,37-34-,42-40-,43-41-,53-49-,54-50-/t81-,82+,83+/m0/s1. The average Bonchev–Trinajstić information content (AvgIpc) is 1.23. The van der Waals surface area contributed by atoms with E-state index in [0.717, 1.165) is 161 Å². The number of ether oxygens (including phenoxy) is 4. The van der Waals surface area contributed by atoms with Gasteiger partial charge in [0.05, 0.1) is 26.4 Å². The zero-order chi connectivity index (χ0) is 77.4. The summed E-state index contributed by atoms with van der Waals surface area (Å²) in [5, 5.41) is 10.7. The molecule has 0 aliphatic rings. The zero-order valence-electron chi connectivity index (χ0n) is 66.6. The molecule has 0 aliphatic carbocycles. The first-order valence-electron chi connectivity index (χ1n) is 41.4. The van der Waals surface area contributed by atoms with E-state index in [9.17, 15) is 43.2 Å². The number of carbonyl (C=O) groups is 4. The van der Waals surface area contributed by atoms with Gasteiger partial charge in [-0.3, -0.25) is 37.3 Å². The number of esters is 4. The second kappa shape index (κ2) is 78.3. The van der Waals surface area contributed by atoms with E-state index in [1.165, 1.54) is 96.3 Å². The lowest BCUT2D eigenvalue weighted by Crippen LogP contribution is -2.30. The number of hydrogen-bond acceptors (Lipinski definition) is 15. The van der Waals surface area contributed by atoms with Gasteiger partial charge in [0.2, 0.25) is 0 Å². The summed E-state index contributed by atoms with van der Waals surface area (Å²) in [6.07, 6.45) is 88.5. The highest BCUT2D eigenvalue weighted by Gasteiger charge is 2.30. The van der Waals surface area contributed by atoms with E-state index in [4.69, 9.17) is 37.0 Å². The van der Waals surface area contributed by atoms with Gasteiger partial charge in [0.25, 0.3) is 0 Å². The summed E-state index contributed by atoms with van der Waals surface area (Å²) in [7, 11) is -9.99. The molecule has 3 N–H and O–H groups in total. The van der Waals surface area contributed by atoms with Crippen LogP contribution in [0.1, 0.15) is 336 Å². The predicted molar refractivity (Wildman–Crippen MR) is 436 cm³/mol. The average molecular weight is 1530 g/mol. The molecule has 0 rings (SSSR count). The van der Waals surface area contributed by atoms with Crippen LogP contribution in [0.4, 0.5) is 0 Å². The van der Waals surface area contributed by atoms with Gasteiger partial charge in [0.1, 0.15) is 19.3 Å². The Kier molecular flexibility index (Phi) is 74.8. The maximum absolute atomic E-state index is 13.1. The van der Waals surface area contributed by atoms with Gasteiger partial charge >= 0.3 is 39.5 Å². The number of aliphatic hydroxyl groups is 1. The Morgan fingerprint density at radius 1 is 0.274 bits per heavy atom. The van der Waals surface area contributed by atoms with E-state index < -0.39 is 97.5 Å². The monoisotopic (exact) mass is 1530 g/mol. The maximum Gasteiger partial charge on any atom is 0.472 e. The molecule has 0 aromatic heterocycles. The molecule has 0 aromatic carbocycles. The molecule has 0 fully saturated rings. The van der Waals surface area contributed by atoms with E-state index >= 15 is 0 Å². The zero-order valence-corrected chi connectivity index (χ0v) is 68.4. The summed E-state index contributed by atoms with van der Waals surface area (Å²) in [4.78, 5) is 73.1. The van der Waals surface area contributed by atoms with Gasteiger partial charge in [-0.05, 0) is 141 Å². The fourth-order valence-corrected chi connectivity index (χ4v) is 12.4. The van der Waals surface area contributed by atoms with Gasteiger partial charge in [-0.2, -0.15) is 0 Å². The highest BCUT2D eigenvalue weighted by atomic mass is 31.2. The van der Waals surface area contributed by atoms with Crippen molar-refractivity contribution in [2.24, 2.45) is 0 Å². The van der Waals surface area contributed by atoms with Crippen molar-refractivity contribution in [3.63, 3.8) is 0 Å². The number of phosphoric ester groups is 2. The summed E-state index contributed by atoms with van der Waals surface area (Å²) in [5.41, 5.74) is 0. The van der Waals surface area contributed by atoms with E-state index in [2.05, 4.69) is 161 Å². The normalized spacial score (nSPS) is 14.5. The van der Waals surface area contributed by atoms with Crippen molar-refractivity contribution in [1.29, 1.82) is 0 Å². The Labute approximate surface area is 644 Å². The molecular formula is C87H148O17P2. The van der Waals surface area contributed by atoms with Crippen molar-refractivity contribution in [2.45, 2.75) is 354 Å². The molecule has 5 atom stereocenters. The Morgan fingerprint density at radius 3 is 0.783 bits per heavy atom. The van der Waals surface area contributed by atoms with Gasteiger partial charge in [-0.1, -0.05) is 303 Å². The van der Waals surface area contributed by atoms with Crippen LogP contribution in [0, 0.1) is 0 Å². The van der Waals surface area contributed by atoms with Crippen LogP contribution in [0.15, 0.2) is 134 Å². The minimum absolute atomic E-state index is 0.0522. The van der Waals surface area contributed by atoms with Crippen molar-refractivity contribution in [3.05, 3.63) is 134 Å². The number of aliphatic hydroxyl groups excluding tert-OH is 1. The second-order valence-electron chi connectivity index (χ2n) is 27.3. The van der Waals surface area contributed by atoms with Crippen molar-refractivity contribution in [2.75, 3.05) is 39.6 Å². The smallest absolute Gasteiger partial charge is 0.462 e. The third-order valence-electron chi connectivity index (χ3n) is 17.1. The fraction of sp³-hybridized carbons (Fsp3) is 0.701. The summed E-state index contributed by atoms with van der Waals surface area (Å²) in [6.45, 7) is 4.59. The summed E-state index contributed by atoms with van der Waals surface area (Å²) in [5.74, 6) is -2.24. The lowest BCUT2D eigenvalue weighted by atomic mass is 10.0. The van der Waals surface area contributed by atoms with E-state index in [1.54, 1.807) is 0 Å². The molecule has 0 heterocycles. The number of allylic oxidation sites excluding steroid dienone is 22. The van der Waals surface area contributed by atoms with E-state index in [1.807, 2.05) is 0 Å². The first-order valence-corrected chi connectivity index (χ1v) is 44.4. The third-order valence-corrected chi connectivity index (χ3v) is 19.0. The van der Waals surface area contributed by atoms with E-state index in [0.29, 0.717) is 25.7 Å². The van der Waals surface area contributed by atoms with Crippen molar-refractivity contribution >= 4 is 39.5 Å². The molecule has 106 heavy (non-hydrogen) atoms. The van der Waals surface area contributed by atoms with Crippen LogP contribution in [-0.2, 0) is 65.4 Å². The number of carbonyl (C=O) groups excluding carboxylic acids is 4. The molecule has 2 unspecified atom stereocenters. The summed E-state index contributed by atoms with van der Waals surface area (Å²) in [6, 6.07) is 0. The molecule has 0 radical (unpaired) electrons. The minimum Gasteiger partial charge on any atom is -0.462 e. The molecular weight excluding hydrogens is 1380 g/mol. The number of unbranched alkanes of at least 4 members (excludes halogenated alkanes) is 29. The molecule has 0 aromatic rings. The van der Waals surface area contributed by atoms with Crippen LogP contribution in [0.2, 0.25) is 0 Å². The predicted octanol–water partition coefficient (Wildman–Crippen LogP) is 24.4. The van der Waals surface area contributed by atoms with Gasteiger partial charge in [-0.15, -0.1) is 0 Å². The Hall–Kier alpha value is -4.80. The molecule has 608 valence electrons. The SMILES string of the molecule is CC/C=C\C/C=C\C/C=C\C/C=C\C/C=C\CCCCCC(=O)O[C@H](COC(=O)CCCCCCCCC/C=C\CCCCCC)COP(=O)(O)OC[C@@H](O)COP(=O)(O)OC[C@@H](COC(=O)CCCCCCCCCCCCCCC)OC(=O)CCCCC/C=C\C/C=C\C/C=C\C/C=C\C/C=C\CC. The molecule has 19 heteroatoms. The van der Waals surface area contributed by atoms with Gasteiger partial charge < -0.3 is 33.8 Å². The Bertz CT molecular complexity index is 2530. The molecule has 0 amide bonds. The number of hydrogen-bond donors (Lipinski definition) is 3. The maximum atomic E-state index is 13.1. The number of rotatable bonds is 77. The van der Waals surface area contributed by atoms with Crippen LogP contribution in [0.5, 0.6) is 0 Å². The molecule has 0 saturated heterocycles. The molecule has 17 nitrogen and oxygen atoms in total. The molecule has 0 aliphatic heterocycles. The highest BCUT2D eigenvalue weighted by molar-refractivity contribution is 7.47. The Morgan fingerprint density at radius 2 is 0.491 bits per heavy atom. The molecule has 0 saturated carbocycles. The summed E-state index contributed by atoms with van der Waals surface area (Å²) >= 11 is 0. The van der Waals surface area contributed by atoms with Crippen molar-refractivity contribution in [3.8, 4) is 0 Å². The van der Waals surface area contributed by atoms with Gasteiger partial charge in [0, 0.05) is 25.7 Å². The summed E-state index contributed by atoms with van der Waals surface area (Å²) < 4.78 is 68.7. The van der Waals surface area contributed by atoms with Crippen LogP contribution < -0.4 is 0 Å². The second-order valence-corrected chi connectivity index (χ2v) is 30.2. The number of phosphoric acid groups is 2. The van der Waals surface area contributed by atoms with Crippen molar-refractivity contribution < 1.29 is 80.2 Å². The lowest BCUT2D eigenvalue weighted by Gasteiger charge is -2.21. The first kappa shape index (κ1) is 101. The first-order chi connectivity index (χ1) is 51.7. The Balaban J connectivity index is 5.43. The third kappa shape index (κ3) is 77.4.